The topological polar surface area (TPSA) is 0 Å². The maximum Gasteiger partial charge on any atom is 0.357 e. The van der Waals surface area contributed by atoms with Gasteiger partial charge in [0.1, 0.15) is 0 Å². The van der Waals surface area contributed by atoms with Gasteiger partial charge in [-0.15, -0.1) is 0 Å². The van der Waals surface area contributed by atoms with Crippen LogP contribution in [0.1, 0.15) is 0 Å². The minimum absolute atomic E-state index is 1.40. The summed E-state index contributed by atoms with van der Waals surface area (Å²) in [6.45, 7) is 0. The average molecular weight is 211 g/mol. The van der Waals surface area contributed by atoms with Gasteiger partial charge < -0.3 is 0 Å². The molecule has 0 heterocycles. The highest BCUT2D eigenvalue weighted by Crippen LogP contribution is 2.34. The number of hydrogen-bond acceptors (Lipinski definition) is 0. The zero-order chi connectivity index (χ0) is 7.65. The standard InChI is InChI=1S/C3BrF5/c4-3(8,9)1(5)2(6)7. The summed E-state index contributed by atoms with van der Waals surface area (Å²) in [6, 6.07) is 0. The Morgan fingerprint density at radius 1 is 1.11 bits per heavy atom. The Morgan fingerprint density at radius 2 is 1.44 bits per heavy atom. The summed E-state index contributed by atoms with van der Waals surface area (Å²) in [5, 5.41) is 0. The van der Waals surface area contributed by atoms with Crippen LogP contribution in [0.2, 0.25) is 0 Å². The van der Waals surface area contributed by atoms with Gasteiger partial charge in [0.15, 0.2) is 0 Å². The fraction of sp³-hybridized carbons (Fsp3) is 0.333. The Kier molecular flexibility index (Phi) is 2.60. The Labute approximate surface area is 55.5 Å². The van der Waals surface area contributed by atoms with Crippen molar-refractivity contribution in [2.45, 2.75) is 4.83 Å². The van der Waals surface area contributed by atoms with E-state index in [0.29, 0.717) is 0 Å². The zero-order valence-corrected chi connectivity index (χ0v) is 5.35. The van der Waals surface area contributed by atoms with Gasteiger partial charge in [0.25, 0.3) is 0 Å². The van der Waals surface area contributed by atoms with Crippen molar-refractivity contribution in [2.24, 2.45) is 0 Å². The van der Waals surface area contributed by atoms with E-state index in [1.165, 1.54) is 15.9 Å². The molecule has 0 fully saturated rings. The van der Waals surface area contributed by atoms with E-state index in [1.54, 1.807) is 0 Å². The molecule has 0 amide bonds. The molecule has 6 heteroatoms. The quantitative estimate of drug-likeness (QED) is 0.461. The first kappa shape index (κ1) is 8.87. The molecule has 0 bridgehead atoms. The van der Waals surface area contributed by atoms with Crippen LogP contribution in [0.3, 0.4) is 0 Å². The monoisotopic (exact) mass is 210 g/mol. The minimum Gasteiger partial charge on any atom is -0.198 e. The third-order valence-corrected chi connectivity index (χ3v) is 0.763. The molecule has 0 aromatic carbocycles. The lowest BCUT2D eigenvalue weighted by Crippen LogP contribution is -2.05. The number of hydrogen-bond donors (Lipinski definition) is 0. The van der Waals surface area contributed by atoms with E-state index in [9.17, 15) is 22.0 Å². The number of rotatable bonds is 1. The Morgan fingerprint density at radius 3 is 1.44 bits per heavy atom. The highest BCUT2D eigenvalue weighted by atomic mass is 79.9. The first-order valence-corrected chi connectivity index (χ1v) is 2.43. The number of allylic oxidation sites excluding steroid dienone is 1. The maximum absolute atomic E-state index is 11.4. The molecule has 0 aliphatic rings. The Hall–Kier alpha value is -0.130. The van der Waals surface area contributed by atoms with Gasteiger partial charge in [-0.05, 0) is 15.9 Å². The molecular weight excluding hydrogens is 211 g/mol. The van der Waals surface area contributed by atoms with E-state index < -0.39 is 16.7 Å². The summed E-state index contributed by atoms with van der Waals surface area (Å²) < 4.78 is 55.9. The predicted octanol–water partition coefficient (Wildman–Crippen LogP) is 3.05. The molecule has 0 aliphatic carbocycles. The summed E-state index contributed by atoms with van der Waals surface area (Å²) in [5.41, 5.74) is 0. The third-order valence-electron chi connectivity index (χ3n) is 0.415. The highest BCUT2D eigenvalue weighted by Gasteiger charge is 2.35. The molecule has 0 N–H and O–H groups in total. The second-order valence-electron chi connectivity index (χ2n) is 1.07. The summed E-state index contributed by atoms with van der Waals surface area (Å²) >= 11 is 1.40. The molecule has 0 radical (unpaired) electrons. The lowest BCUT2D eigenvalue weighted by atomic mass is 10.6. The van der Waals surface area contributed by atoms with Gasteiger partial charge in [-0.3, -0.25) is 0 Å². The van der Waals surface area contributed by atoms with E-state index in [0.717, 1.165) is 0 Å². The van der Waals surface area contributed by atoms with Crippen molar-refractivity contribution < 1.29 is 22.0 Å². The van der Waals surface area contributed by atoms with E-state index in [1.807, 2.05) is 0 Å². The van der Waals surface area contributed by atoms with Crippen LogP contribution in [0.4, 0.5) is 22.0 Å². The van der Waals surface area contributed by atoms with Crippen LogP contribution < -0.4 is 0 Å². The minimum atomic E-state index is -4.24. The lowest BCUT2D eigenvalue weighted by Gasteiger charge is -2.01. The van der Waals surface area contributed by atoms with Crippen LogP contribution in [-0.4, -0.2) is 4.83 Å². The van der Waals surface area contributed by atoms with Crippen molar-refractivity contribution >= 4 is 15.9 Å². The first-order chi connectivity index (χ1) is 3.85. The summed E-state index contributed by atoms with van der Waals surface area (Å²) in [7, 11) is 0. The van der Waals surface area contributed by atoms with E-state index in [2.05, 4.69) is 0 Å². The molecule has 0 rings (SSSR count). The Balaban J connectivity index is 4.40. The molecule has 0 nitrogen and oxygen atoms in total. The van der Waals surface area contributed by atoms with Crippen molar-refractivity contribution in [1.82, 2.24) is 0 Å². The molecule has 0 saturated carbocycles. The molecule has 0 unspecified atom stereocenters. The lowest BCUT2D eigenvalue weighted by molar-refractivity contribution is 0.115. The first-order valence-electron chi connectivity index (χ1n) is 1.63. The second-order valence-corrected chi connectivity index (χ2v) is 2.07. The molecular formula is C3BrF5. The van der Waals surface area contributed by atoms with Gasteiger partial charge >= 0.3 is 10.9 Å². The Bertz CT molecular complexity index is 130. The van der Waals surface area contributed by atoms with Crippen LogP contribution in [0.5, 0.6) is 0 Å². The summed E-state index contributed by atoms with van der Waals surface area (Å²) in [4.78, 5) is -4.24. The van der Waals surface area contributed by atoms with Crippen molar-refractivity contribution in [3.63, 3.8) is 0 Å². The molecule has 0 saturated heterocycles. The van der Waals surface area contributed by atoms with Crippen LogP contribution in [-0.2, 0) is 0 Å². The number of halogens is 6. The van der Waals surface area contributed by atoms with E-state index >= 15 is 0 Å². The van der Waals surface area contributed by atoms with Gasteiger partial charge in [0, 0.05) is 0 Å². The van der Waals surface area contributed by atoms with Gasteiger partial charge in [0.05, 0.1) is 0 Å². The molecule has 0 aromatic rings. The smallest absolute Gasteiger partial charge is 0.198 e. The van der Waals surface area contributed by atoms with E-state index in [-0.39, 0.29) is 0 Å². The van der Waals surface area contributed by atoms with Gasteiger partial charge in [-0.25, -0.2) is 0 Å². The molecule has 0 atom stereocenters. The molecule has 0 aromatic heterocycles. The normalized spacial score (nSPS) is 11.3. The van der Waals surface area contributed by atoms with Gasteiger partial charge in [-0.1, -0.05) is 0 Å². The largest absolute Gasteiger partial charge is 0.357 e. The maximum atomic E-state index is 11.4. The van der Waals surface area contributed by atoms with Crippen LogP contribution in [0.25, 0.3) is 0 Å². The molecule has 9 heavy (non-hydrogen) atoms. The highest BCUT2D eigenvalue weighted by molar-refractivity contribution is 9.10. The fourth-order valence-electron chi connectivity index (χ4n) is 0.107. The second kappa shape index (κ2) is 2.64. The summed E-state index contributed by atoms with van der Waals surface area (Å²) in [6.07, 6.45) is -3.02. The number of alkyl halides is 3. The average Bonchev–Trinajstić information content (AvgIpc) is 1.62. The van der Waals surface area contributed by atoms with Crippen molar-refractivity contribution in [3.8, 4) is 0 Å². The summed E-state index contributed by atoms with van der Waals surface area (Å²) in [5.74, 6) is -2.75. The van der Waals surface area contributed by atoms with Crippen LogP contribution in [0.15, 0.2) is 11.9 Å². The van der Waals surface area contributed by atoms with Crippen LogP contribution >= 0.6 is 15.9 Å². The third kappa shape index (κ3) is 2.78. The fourth-order valence-corrected chi connectivity index (χ4v) is 0.257. The molecule has 54 valence electrons. The SMILES string of the molecule is FC(F)=C(F)C(F)(F)Br. The predicted molar refractivity (Wildman–Crippen MR) is 24.2 cm³/mol. The van der Waals surface area contributed by atoms with Crippen molar-refractivity contribution in [2.75, 3.05) is 0 Å². The van der Waals surface area contributed by atoms with E-state index in [4.69, 9.17) is 0 Å². The molecule has 0 aliphatic heterocycles. The van der Waals surface area contributed by atoms with Crippen LogP contribution in [0, 0.1) is 0 Å². The van der Waals surface area contributed by atoms with Crippen molar-refractivity contribution in [1.29, 1.82) is 0 Å². The van der Waals surface area contributed by atoms with Gasteiger partial charge in [-0.2, -0.15) is 22.0 Å². The zero-order valence-electron chi connectivity index (χ0n) is 3.77. The van der Waals surface area contributed by atoms with Crippen molar-refractivity contribution in [3.05, 3.63) is 11.9 Å². The molecule has 0 spiro atoms. The van der Waals surface area contributed by atoms with Gasteiger partial charge in [0.2, 0.25) is 5.83 Å².